The van der Waals surface area contributed by atoms with Gasteiger partial charge in [0.2, 0.25) is 0 Å². The number of rotatable bonds is 5. The number of hydrogen-bond acceptors (Lipinski definition) is 4. The van der Waals surface area contributed by atoms with E-state index in [1.165, 1.54) is 26.4 Å². The molecule has 2 N–H and O–H groups in total. The molecule has 0 saturated carbocycles. The Balaban J connectivity index is 2.48. The van der Waals surface area contributed by atoms with Gasteiger partial charge in [0.15, 0.2) is 6.29 Å². The monoisotopic (exact) mass is 257 g/mol. The van der Waals surface area contributed by atoms with Gasteiger partial charge in [-0.05, 0) is 19.1 Å². The average molecular weight is 257 g/mol. The highest BCUT2D eigenvalue weighted by Crippen LogP contribution is 2.04. The molecule has 1 heterocycles. The fourth-order valence-corrected chi connectivity index (χ4v) is 1.38. The van der Waals surface area contributed by atoms with Gasteiger partial charge in [-0.15, -0.1) is 0 Å². The Morgan fingerprint density at radius 3 is 2.56 bits per heavy atom. The maximum atomic E-state index is 12.6. The lowest BCUT2D eigenvalue weighted by atomic mass is 10.3. The minimum Gasteiger partial charge on any atom is -0.354 e. The van der Waals surface area contributed by atoms with Gasteiger partial charge in [-0.25, -0.2) is 14.2 Å². The predicted molar refractivity (Wildman–Crippen MR) is 63.6 cm³/mol. The molecule has 0 fully saturated rings. The van der Waals surface area contributed by atoms with Gasteiger partial charge in [0.1, 0.15) is 11.6 Å². The van der Waals surface area contributed by atoms with Crippen LogP contribution < -0.4 is 10.6 Å². The smallest absolute Gasteiger partial charge is 0.320 e. The number of carbonyl (C=O) groups is 1. The quantitative estimate of drug-likeness (QED) is 0.781. The van der Waals surface area contributed by atoms with E-state index in [9.17, 15) is 9.18 Å². The van der Waals surface area contributed by atoms with E-state index >= 15 is 0 Å². The van der Waals surface area contributed by atoms with Crippen molar-refractivity contribution in [3.05, 3.63) is 24.1 Å². The highest BCUT2D eigenvalue weighted by atomic mass is 19.1. The summed E-state index contributed by atoms with van der Waals surface area (Å²) in [6, 6.07) is 1.75. The van der Waals surface area contributed by atoms with Crippen LogP contribution in [0.4, 0.5) is 15.0 Å². The Labute approximate surface area is 104 Å². The van der Waals surface area contributed by atoms with Crippen LogP contribution in [0.3, 0.4) is 0 Å². The molecule has 1 rings (SSSR count). The molecule has 0 spiro atoms. The van der Waals surface area contributed by atoms with Crippen LogP contribution in [-0.2, 0) is 9.47 Å². The van der Waals surface area contributed by atoms with Crippen molar-refractivity contribution in [2.75, 3.05) is 19.5 Å². The molecule has 1 atom stereocenters. The van der Waals surface area contributed by atoms with Crippen LogP contribution in [-0.4, -0.2) is 37.6 Å². The number of nitrogens with zero attached hydrogens (tertiary/aromatic N) is 1. The first-order chi connectivity index (χ1) is 8.56. The Kier molecular flexibility index (Phi) is 5.47. The summed E-state index contributed by atoms with van der Waals surface area (Å²) in [5.74, 6) is -0.208. The van der Waals surface area contributed by atoms with Crippen molar-refractivity contribution < 1.29 is 18.7 Å². The van der Waals surface area contributed by atoms with E-state index in [1.807, 2.05) is 0 Å². The van der Waals surface area contributed by atoms with E-state index in [2.05, 4.69) is 15.6 Å². The fourth-order valence-electron chi connectivity index (χ4n) is 1.38. The lowest BCUT2D eigenvalue weighted by molar-refractivity contribution is -0.117. The van der Waals surface area contributed by atoms with Crippen molar-refractivity contribution in [1.82, 2.24) is 10.3 Å². The number of aromatic nitrogens is 1. The van der Waals surface area contributed by atoms with Crippen LogP contribution in [0.1, 0.15) is 6.92 Å². The largest absolute Gasteiger partial charge is 0.354 e. The van der Waals surface area contributed by atoms with Crippen LogP contribution in [0, 0.1) is 5.82 Å². The number of urea groups is 1. The third-order valence-corrected chi connectivity index (χ3v) is 2.20. The van der Waals surface area contributed by atoms with E-state index < -0.39 is 18.1 Å². The van der Waals surface area contributed by atoms with E-state index in [0.29, 0.717) is 0 Å². The molecule has 0 saturated heterocycles. The molecule has 0 aliphatic rings. The lowest BCUT2D eigenvalue weighted by Crippen LogP contribution is -2.44. The minimum atomic E-state index is -0.545. The zero-order chi connectivity index (χ0) is 13.5. The predicted octanol–water partition coefficient (Wildman–Crippen LogP) is 1.35. The Morgan fingerprint density at radius 2 is 2.06 bits per heavy atom. The first kappa shape index (κ1) is 14.3. The third kappa shape index (κ3) is 4.27. The molecule has 1 aromatic heterocycles. The summed E-state index contributed by atoms with van der Waals surface area (Å²) in [4.78, 5) is 15.3. The number of anilines is 1. The molecule has 0 unspecified atom stereocenters. The highest BCUT2D eigenvalue weighted by molar-refractivity contribution is 5.88. The van der Waals surface area contributed by atoms with Crippen molar-refractivity contribution >= 4 is 11.8 Å². The van der Waals surface area contributed by atoms with Crippen LogP contribution in [0.25, 0.3) is 0 Å². The topological polar surface area (TPSA) is 72.5 Å². The average Bonchev–Trinajstić information content (AvgIpc) is 2.33. The highest BCUT2D eigenvalue weighted by Gasteiger charge is 2.17. The maximum Gasteiger partial charge on any atom is 0.320 e. The van der Waals surface area contributed by atoms with Gasteiger partial charge in [0.05, 0.1) is 12.2 Å². The van der Waals surface area contributed by atoms with Crippen LogP contribution >= 0.6 is 0 Å². The molecule has 0 aliphatic carbocycles. The maximum absolute atomic E-state index is 12.6. The van der Waals surface area contributed by atoms with Gasteiger partial charge in [-0.1, -0.05) is 0 Å². The molecule has 18 heavy (non-hydrogen) atoms. The summed E-state index contributed by atoms with van der Waals surface area (Å²) in [6.07, 6.45) is 0.475. The minimum absolute atomic E-state index is 0.257. The molecule has 0 aliphatic heterocycles. The second kappa shape index (κ2) is 6.87. The van der Waals surface area contributed by atoms with Gasteiger partial charge in [0, 0.05) is 14.2 Å². The summed E-state index contributed by atoms with van der Waals surface area (Å²) < 4.78 is 22.6. The zero-order valence-corrected chi connectivity index (χ0v) is 10.4. The third-order valence-electron chi connectivity index (χ3n) is 2.20. The van der Waals surface area contributed by atoms with Crippen LogP contribution in [0.15, 0.2) is 18.3 Å². The lowest BCUT2D eigenvalue weighted by Gasteiger charge is -2.22. The van der Waals surface area contributed by atoms with Crippen molar-refractivity contribution in [1.29, 1.82) is 0 Å². The Hall–Kier alpha value is -1.73. The molecule has 0 bridgehead atoms. The molecule has 2 amide bonds. The standard InChI is InChI=1S/C11H16FN3O3/c1-7(10(17-2)18-3)14-11(16)15-9-5-4-8(12)6-13-9/h4-7,10H,1-3H3,(H2,13,14,15,16)/t7-/m0/s1. The van der Waals surface area contributed by atoms with Gasteiger partial charge in [-0.3, -0.25) is 5.32 Å². The summed E-state index contributed by atoms with van der Waals surface area (Å²) >= 11 is 0. The van der Waals surface area contributed by atoms with Gasteiger partial charge >= 0.3 is 6.03 Å². The number of nitrogens with one attached hydrogen (secondary N) is 2. The molecule has 100 valence electrons. The zero-order valence-electron chi connectivity index (χ0n) is 10.4. The van der Waals surface area contributed by atoms with Gasteiger partial charge in [0.25, 0.3) is 0 Å². The fraction of sp³-hybridized carbons (Fsp3) is 0.455. The Bertz CT molecular complexity index is 382. The van der Waals surface area contributed by atoms with E-state index in [1.54, 1.807) is 6.92 Å². The first-order valence-electron chi connectivity index (χ1n) is 5.31. The summed E-state index contributed by atoms with van der Waals surface area (Å²) in [7, 11) is 2.96. The molecule has 7 heteroatoms. The summed E-state index contributed by atoms with van der Waals surface area (Å²) in [5, 5.41) is 5.08. The van der Waals surface area contributed by atoms with E-state index in [4.69, 9.17) is 9.47 Å². The van der Waals surface area contributed by atoms with Crippen molar-refractivity contribution in [3.8, 4) is 0 Å². The van der Waals surface area contributed by atoms with Crippen molar-refractivity contribution in [2.45, 2.75) is 19.3 Å². The second-order valence-corrected chi connectivity index (χ2v) is 3.59. The van der Waals surface area contributed by atoms with Crippen molar-refractivity contribution in [3.63, 3.8) is 0 Å². The van der Waals surface area contributed by atoms with E-state index in [-0.39, 0.29) is 11.9 Å². The second-order valence-electron chi connectivity index (χ2n) is 3.59. The normalized spacial score (nSPS) is 12.3. The molecule has 1 aromatic rings. The number of pyridine rings is 1. The molecular formula is C11H16FN3O3. The SMILES string of the molecule is COC(OC)[C@H](C)NC(=O)Nc1ccc(F)cn1. The van der Waals surface area contributed by atoms with Crippen LogP contribution in [0.2, 0.25) is 0 Å². The molecule has 0 aromatic carbocycles. The van der Waals surface area contributed by atoms with Crippen LogP contribution in [0.5, 0.6) is 0 Å². The van der Waals surface area contributed by atoms with Crippen molar-refractivity contribution in [2.24, 2.45) is 0 Å². The number of hydrogen-bond donors (Lipinski definition) is 2. The Morgan fingerprint density at radius 1 is 1.39 bits per heavy atom. The van der Waals surface area contributed by atoms with E-state index in [0.717, 1.165) is 6.20 Å². The number of halogens is 1. The number of ether oxygens (including phenoxy) is 2. The number of amides is 2. The first-order valence-corrected chi connectivity index (χ1v) is 5.31. The molecular weight excluding hydrogens is 241 g/mol. The summed E-state index contributed by atoms with van der Waals surface area (Å²) in [5.41, 5.74) is 0. The number of methoxy groups -OCH3 is 2. The van der Waals surface area contributed by atoms with Gasteiger partial charge < -0.3 is 14.8 Å². The summed E-state index contributed by atoms with van der Waals surface area (Å²) in [6.45, 7) is 1.73. The van der Waals surface area contributed by atoms with Gasteiger partial charge in [-0.2, -0.15) is 0 Å². The number of carbonyl (C=O) groups excluding carboxylic acids is 1. The molecule has 6 nitrogen and oxygen atoms in total. The molecule has 0 radical (unpaired) electrons.